The molecule has 3 heteroatoms. The van der Waals surface area contributed by atoms with Crippen LogP contribution >= 0.6 is 0 Å². The topological polar surface area (TPSA) is 40.5 Å². The lowest BCUT2D eigenvalue weighted by Gasteiger charge is -2.21. The zero-order valence-electron chi connectivity index (χ0n) is 10.2. The molecule has 1 aliphatic rings. The number of ketones is 1. The first-order valence-corrected chi connectivity index (χ1v) is 6.18. The Hall–Kier alpha value is -1.35. The van der Waals surface area contributed by atoms with Crippen molar-refractivity contribution in [3.63, 3.8) is 0 Å². The van der Waals surface area contributed by atoms with Crippen LogP contribution in [0.15, 0.2) is 24.3 Å². The molecule has 1 heterocycles. The molecule has 1 aromatic carbocycles. The smallest absolute Gasteiger partial charge is 0.161 e. The van der Waals surface area contributed by atoms with Crippen LogP contribution < -0.4 is 4.90 Å². The third kappa shape index (κ3) is 2.67. The monoisotopic (exact) mass is 233 g/mol. The van der Waals surface area contributed by atoms with Crippen LogP contribution in [0.25, 0.3) is 0 Å². The molecule has 0 aromatic heterocycles. The molecule has 1 unspecified atom stereocenters. The number of hydrogen-bond donors (Lipinski definition) is 1. The van der Waals surface area contributed by atoms with E-state index in [-0.39, 0.29) is 12.4 Å². The standard InChI is InChI=1S/C14H19NO2/c1-11(17)13-4-2-3-5-14(13)15-8-6-12(10-15)7-9-16/h2-5,12,16H,6-10H2,1H3. The second kappa shape index (κ2) is 5.32. The van der Waals surface area contributed by atoms with Crippen LogP contribution in [-0.2, 0) is 0 Å². The van der Waals surface area contributed by atoms with Crippen LogP contribution in [0, 0.1) is 5.92 Å². The Morgan fingerprint density at radius 1 is 1.47 bits per heavy atom. The van der Waals surface area contributed by atoms with Crippen LogP contribution in [0.2, 0.25) is 0 Å². The van der Waals surface area contributed by atoms with Gasteiger partial charge >= 0.3 is 0 Å². The molecule has 1 N–H and O–H groups in total. The Kier molecular flexibility index (Phi) is 3.79. The van der Waals surface area contributed by atoms with Gasteiger partial charge in [0, 0.05) is 30.9 Å². The van der Waals surface area contributed by atoms with Crippen molar-refractivity contribution < 1.29 is 9.90 Å². The van der Waals surface area contributed by atoms with Gasteiger partial charge in [0.25, 0.3) is 0 Å². The summed E-state index contributed by atoms with van der Waals surface area (Å²) in [5.41, 5.74) is 1.84. The van der Waals surface area contributed by atoms with Crippen LogP contribution in [0.5, 0.6) is 0 Å². The highest BCUT2D eigenvalue weighted by atomic mass is 16.3. The lowest BCUT2D eigenvalue weighted by Crippen LogP contribution is -2.22. The van der Waals surface area contributed by atoms with E-state index in [9.17, 15) is 4.79 Å². The summed E-state index contributed by atoms with van der Waals surface area (Å²) in [6.45, 7) is 3.80. The first-order valence-electron chi connectivity index (χ1n) is 6.18. The molecule has 1 fully saturated rings. The number of anilines is 1. The molecule has 1 aromatic rings. The number of nitrogens with zero attached hydrogens (tertiary/aromatic N) is 1. The molecule has 0 aliphatic carbocycles. The first kappa shape index (κ1) is 12.1. The molecule has 1 atom stereocenters. The second-order valence-corrected chi connectivity index (χ2v) is 4.69. The van der Waals surface area contributed by atoms with E-state index in [1.54, 1.807) is 6.92 Å². The summed E-state index contributed by atoms with van der Waals surface area (Å²) >= 11 is 0. The number of Topliss-reactive ketones (excluding diaryl/α,β-unsaturated/α-hetero) is 1. The Morgan fingerprint density at radius 2 is 2.24 bits per heavy atom. The summed E-state index contributed by atoms with van der Waals surface area (Å²) < 4.78 is 0. The number of benzene rings is 1. The van der Waals surface area contributed by atoms with Gasteiger partial charge in [0.1, 0.15) is 0 Å². The van der Waals surface area contributed by atoms with Gasteiger partial charge in [-0.15, -0.1) is 0 Å². The Balaban J connectivity index is 2.16. The number of para-hydroxylation sites is 1. The van der Waals surface area contributed by atoms with Crippen molar-refractivity contribution in [2.24, 2.45) is 5.92 Å². The molecule has 0 saturated carbocycles. The van der Waals surface area contributed by atoms with Gasteiger partial charge in [0.05, 0.1) is 0 Å². The van der Waals surface area contributed by atoms with E-state index >= 15 is 0 Å². The first-order chi connectivity index (χ1) is 8.22. The number of carbonyl (C=O) groups is 1. The SMILES string of the molecule is CC(=O)c1ccccc1N1CCC(CCO)C1. The highest BCUT2D eigenvalue weighted by Crippen LogP contribution is 2.28. The lowest BCUT2D eigenvalue weighted by atomic mass is 10.1. The minimum atomic E-state index is 0.117. The van der Waals surface area contributed by atoms with Crippen LogP contribution in [0.1, 0.15) is 30.1 Å². The highest BCUT2D eigenvalue weighted by molar-refractivity contribution is 5.99. The third-order valence-electron chi connectivity index (χ3n) is 3.45. The maximum absolute atomic E-state index is 11.6. The maximum atomic E-state index is 11.6. The summed E-state index contributed by atoms with van der Waals surface area (Å²) in [4.78, 5) is 13.8. The van der Waals surface area contributed by atoms with Gasteiger partial charge in [-0.05, 0) is 37.8 Å². The quantitative estimate of drug-likeness (QED) is 0.810. The van der Waals surface area contributed by atoms with Gasteiger partial charge in [-0.2, -0.15) is 0 Å². The molecule has 2 rings (SSSR count). The molecular weight excluding hydrogens is 214 g/mol. The van der Waals surface area contributed by atoms with E-state index in [0.717, 1.165) is 37.2 Å². The average Bonchev–Trinajstić information content (AvgIpc) is 2.78. The summed E-state index contributed by atoms with van der Waals surface area (Å²) in [6, 6.07) is 7.78. The van der Waals surface area contributed by atoms with Crippen molar-refractivity contribution in [3.8, 4) is 0 Å². The fourth-order valence-corrected chi connectivity index (χ4v) is 2.52. The van der Waals surface area contributed by atoms with Crippen molar-refractivity contribution >= 4 is 11.5 Å². The summed E-state index contributed by atoms with van der Waals surface area (Å²) in [5, 5.41) is 8.95. The molecule has 0 spiro atoms. The normalized spacial score (nSPS) is 19.6. The number of carbonyl (C=O) groups excluding carboxylic acids is 1. The van der Waals surface area contributed by atoms with Crippen molar-refractivity contribution in [1.29, 1.82) is 0 Å². The fourth-order valence-electron chi connectivity index (χ4n) is 2.52. The molecule has 0 radical (unpaired) electrons. The zero-order valence-corrected chi connectivity index (χ0v) is 10.2. The minimum absolute atomic E-state index is 0.117. The molecule has 17 heavy (non-hydrogen) atoms. The van der Waals surface area contributed by atoms with E-state index in [0.29, 0.717) is 5.92 Å². The largest absolute Gasteiger partial charge is 0.396 e. The summed E-state index contributed by atoms with van der Waals surface area (Å²) in [6.07, 6.45) is 1.96. The number of aliphatic hydroxyl groups excluding tert-OH is 1. The molecule has 1 saturated heterocycles. The van der Waals surface area contributed by atoms with E-state index in [2.05, 4.69) is 4.90 Å². The van der Waals surface area contributed by atoms with Gasteiger partial charge in [-0.1, -0.05) is 12.1 Å². The lowest BCUT2D eigenvalue weighted by molar-refractivity contribution is 0.101. The van der Waals surface area contributed by atoms with Crippen LogP contribution in [0.3, 0.4) is 0 Å². The highest BCUT2D eigenvalue weighted by Gasteiger charge is 2.24. The van der Waals surface area contributed by atoms with E-state index in [1.807, 2.05) is 24.3 Å². The molecular formula is C14H19NO2. The summed E-state index contributed by atoms with van der Waals surface area (Å²) in [5.74, 6) is 0.672. The second-order valence-electron chi connectivity index (χ2n) is 4.69. The van der Waals surface area contributed by atoms with Crippen molar-refractivity contribution in [2.45, 2.75) is 19.8 Å². The molecule has 92 valence electrons. The number of rotatable bonds is 4. The van der Waals surface area contributed by atoms with Gasteiger partial charge < -0.3 is 10.0 Å². The minimum Gasteiger partial charge on any atom is -0.396 e. The average molecular weight is 233 g/mol. The van der Waals surface area contributed by atoms with E-state index < -0.39 is 0 Å². The van der Waals surface area contributed by atoms with Crippen LogP contribution in [-0.4, -0.2) is 30.6 Å². The fraction of sp³-hybridized carbons (Fsp3) is 0.500. The van der Waals surface area contributed by atoms with Gasteiger partial charge in [-0.3, -0.25) is 4.79 Å². The Morgan fingerprint density at radius 3 is 2.94 bits per heavy atom. The van der Waals surface area contributed by atoms with Crippen molar-refractivity contribution in [1.82, 2.24) is 0 Å². The summed E-state index contributed by atoms with van der Waals surface area (Å²) in [7, 11) is 0. The van der Waals surface area contributed by atoms with Gasteiger partial charge in [-0.25, -0.2) is 0 Å². The number of hydrogen-bond acceptors (Lipinski definition) is 3. The third-order valence-corrected chi connectivity index (χ3v) is 3.45. The number of aliphatic hydroxyl groups is 1. The molecule has 0 amide bonds. The van der Waals surface area contributed by atoms with E-state index in [1.165, 1.54) is 0 Å². The molecule has 1 aliphatic heterocycles. The van der Waals surface area contributed by atoms with Crippen molar-refractivity contribution in [2.75, 3.05) is 24.6 Å². The maximum Gasteiger partial charge on any atom is 0.161 e. The van der Waals surface area contributed by atoms with Crippen LogP contribution in [0.4, 0.5) is 5.69 Å². The van der Waals surface area contributed by atoms with Gasteiger partial charge in [0.2, 0.25) is 0 Å². The van der Waals surface area contributed by atoms with E-state index in [4.69, 9.17) is 5.11 Å². The zero-order chi connectivity index (χ0) is 12.3. The molecule has 0 bridgehead atoms. The predicted molar refractivity (Wildman–Crippen MR) is 68.5 cm³/mol. The predicted octanol–water partition coefficient (Wildman–Crippen LogP) is 2.10. The Bertz CT molecular complexity index is 403. The molecule has 3 nitrogen and oxygen atoms in total. The Labute approximate surface area is 102 Å². The van der Waals surface area contributed by atoms with Gasteiger partial charge in [0.15, 0.2) is 5.78 Å². The van der Waals surface area contributed by atoms with Crippen molar-refractivity contribution in [3.05, 3.63) is 29.8 Å².